The number of halogens is 1. The van der Waals surface area contributed by atoms with Crippen molar-refractivity contribution in [3.63, 3.8) is 0 Å². The molecule has 28 heavy (non-hydrogen) atoms. The molecule has 0 saturated carbocycles. The van der Waals surface area contributed by atoms with E-state index in [1.165, 1.54) is 0 Å². The van der Waals surface area contributed by atoms with Gasteiger partial charge in [0.2, 0.25) is 5.91 Å². The Balaban J connectivity index is 1.45. The SMILES string of the molecule is COc1ccc(CCC(=O)N2CCC[C@]3(C2)OC(=O)c2ccccc23)cc1Br. The number of carbonyl (C=O) groups is 2. The minimum atomic E-state index is -0.690. The van der Waals surface area contributed by atoms with Crippen molar-refractivity contribution < 1.29 is 19.1 Å². The monoisotopic (exact) mass is 443 g/mol. The Morgan fingerprint density at radius 3 is 2.89 bits per heavy atom. The Morgan fingerprint density at radius 2 is 2.11 bits per heavy atom. The van der Waals surface area contributed by atoms with Gasteiger partial charge in [-0.1, -0.05) is 24.3 Å². The average Bonchev–Trinajstić information content (AvgIpc) is 2.98. The molecule has 0 aromatic heterocycles. The molecular weight excluding hydrogens is 422 g/mol. The van der Waals surface area contributed by atoms with E-state index in [1.807, 2.05) is 41.3 Å². The van der Waals surface area contributed by atoms with Crippen LogP contribution in [0.15, 0.2) is 46.9 Å². The van der Waals surface area contributed by atoms with Crippen molar-refractivity contribution >= 4 is 27.8 Å². The summed E-state index contributed by atoms with van der Waals surface area (Å²) in [6.07, 6.45) is 2.65. The second-order valence-electron chi connectivity index (χ2n) is 7.32. The van der Waals surface area contributed by atoms with Crippen molar-refractivity contribution in [3.8, 4) is 5.75 Å². The van der Waals surface area contributed by atoms with Gasteiger partial charge in [0, 0.05) is 18.5 Å². The Morgan fingerprint density at radius 1 is 1.29 bits per heavy atom. The molecule has 1 amide bonds. The number of esters is 1. The lowest BCUT2D eigenvalue weighted by molar-refractivity contribution is -0.138. The molecule has 2 aromatic carbocycles. The molecule has 0 bridgehead atoms. The first-order valence-corrected chi connectivity index (χ1v) is 10.2. The van der Waals surface area contributed by atoms with E-state index >= 15 is 0 Å². The fourth-order valence-electron chi connectivity index (χ4n) is 4.16. The van der Waals surface area contributed by atoms with E-state index in [9.17, 15) is 9.59 Å². The van der Waals surface area contributed by atoms with Crippen molar-refractivity contribution in [2.75, 3.05) is 20.2 Å². The zero-order valence-corrected chi connectivity index (χ0v) is 17.3. The number of aryl methyl sites for hydroxylation is 1. The topological polar surface area (TPSA) is 55.8 Å². The first kappa shape index (κ1) is 19.0. The van der Waals surface area contributed by atoms with Gasteiger partial charge in [-0.15, -0.1) is 0 Å². The smallest absolute Gasteiger partial charge is 0.339 e. The molecule has 146 valence electrons. The van der Waals surface area contributed by atoms with Crippen LogP contribution in [0, 0.1) is 0 Å². The van der Waals surface area contributed by atoms with Crippen LogP contribution in [0.3, 0.4) is 0 Å². The van der Waals surface area contributed by atoms with Crippen molar-refractivity contribution in [1.82, 2.24) is 4.90 Å². The lowest BCUT2D eigenvalue weighted by atomic mass is 9.85. The van der Waals surface area contributed by atoms with Crippen LogP contribution in [0.25, 0.3) is 0 Å². The third-order valence-electron chi connectivity index (χ3n) is 5.58. The van der Waals surface area contributed by atoms with Gasteiger partial charge in [-0.05, 0) is 59.0 Å². The average molecular weight is 444 g/mol. The highest BCUT2D eigenvalue weighted by Gasteiger charge is 2.48. The van der Waals surface area contributed by atoms with Gasteiger partial charge >= 0.3 is 5.97 Å². The number of piperidine rings is 1. The van der Waals surface area contributed by atoms with Crippen molar-refractivity contribution in [3.05, 3.63) is 63.6 Å². The van der Waals surface area contributed by atoms with E-state index in [2.05, 4.69) is 15.9 Å². The number of fused-ring (bicyclic) bond motifs is 2. The van der Waals surface area contributed by atoms with E-state index in [1.54, 1.807) is 13.2 Å². The summed E-state index contributed by atoms with van der Waals surface area (Å²) in [5.74, 6) is 0.578. The molecule has 2 heterocycles. The summed E-state index contributed by atoms with van der Waals surface area (Å²) in [5.41, 5.74) is 1.92. The fraction of sp³-hybridized carbons (Fsp3) is 0.364. The maximum Gasteiger partial charge on any atom is 0.339 e. The Bertz CT molecular complexity index is 929. The highest BCUT2D eigenvalue weighted by Crippen LogP contribution is 2.42. The van der Waals surface area contributed by atoms with Crippen LogP contribution in [-0.4, -0.2) is 37.0 Å². The van der Waals surface area contributed by atoms with Gasteiger partial charge in [-0.2, -0.15) is 0 Å². The first-order valence-electron chi connectivity index (χ1n) is 9.45. The number of rotatable bonds is 4. The molecule has 6 heteroatoms. The van der Waals surface area contributed by atoms with E-state index in [0.717, 1.165) is 34.2 Å². The predicted molar refractivity (Wildman–Crippen MR) is 108 cm³/mol. The number of nitrogens with zero attached hydrogens (tertiary/aromatic N) is 1. The number of likely N-dealkylation sites (tertiary alicyclic amines) is 1. The van der Waals surface area contributed by atoms with Gasteiger partial charge in [-0.3, -0.25) is 4.79 Å². The molecule has 0 radical (unpaired) electrons. The molecular formula is C22H22BrNO4. The third kappa shape index (κ3) is 3.41. The maximum atomic E-state index is 12.9. The molecule has 0 N–H and O–H groups in total. The first-order chi connectivity index (χ1) is 13.5. The second kappa shape index (κ2) is 7.59. The maximum absolute atomic E-state index is 12.9. The second-order valence-corrected chi connectivity index (χ2v) is 8.17. The van der Waals surface area contributed by atoms with Crippen LogP contribution >= 0.6 is 15.9 Å². The van der Waals surface area contributed by atoms with Crippen LogP contribution in [-0.2, 0) is 21.6 Å². The van der Waals surface area contributed by atoms with Crippen molar-refractivity contribution in [2.24, 2.45) is 0 Å². The highest BCUT2D eigenvalue weighted by molar-refractivity contribution is 9.10. The zero-order valence-electron chi connectivity index (χ0n) is 15.7. The van der Waals surface area contributed by atoms with Crippen LogP contribution < -0.4 is 4.74 Å². The normalized spacial score (nSPS) is 20.8. The zero-order chi connectivity index (χ0) is 19.7. The molecule has 1 atom stereocenters. The van der Waals surface area contributed by atoms with Gasteiger partial charge in [-0.25, -0.2) is 4.79 Å². The van der Waals surface area contributed by atoms with E-state index in [0.29, 0.717) is 31.5 Å². The van der Waals surface area contributed by atoms with Crippen LogP contribution in [0.2, 0.25) is 0 Å². The number of carbonyl (C=O) groups excluding carboxylic acids is 2. The predicted octanol–water partition coefficient (Wildman–Crippen LogP) is 4.08. The standard InChI is InChI=1S/C22H22BrNO4/c1-27-19-9-7-15(13-18(19)23)8-10-20(25)24-12-4-11-22(14-24)17-6-3-2-5-16(17)21(26)28-22/h2-3,5-7,9,13H,4,8,10-12,14H2,1H3/t22-/m1/s1. The van der Waals surface area contributed by atoms with Gasteiger partial charge in [0.15, 0.2) is 5.60 Å². The molecule has 0 aliphatic carbocycles. The van der Waals surface area contributed by atoms with Crippen LogP contribution in [0.1, 0.15) is 40.7 Å². The van der Waals surface area contributed by atoms with E-state index in [-0.39, 0.29) is 11.9 Å². The number of hydrogen-bond acceptors (Lipinski definition) is 4. The summed E-state index contributed by atoms with van der Waals surface area (Å²) in [7, 11) is 1.63. The molecule has 2 aromatic rings. The van der Waals surface area contributed by atoms with E-state index in [4.69, 9.17) is 9.47 Å². The summed E-state index contributed by atoms with van der Waals surface area (Å²) in [4.78, 5) is 27.0. The molecule has 0 unspecified atom stereocenters. The van der Waals surface area contributed by atoms with Crippen molar-refractivity contribution in [2.45, 2.75) is 31.3 Å². The highest BCUT2D eigenvalue weighted by atomic mass is 79.9. The Labute approximate surface area is 172 Å². The lowest BCUT2D eigenvalue weighted by Crippen LogP contribution is -2.48. The van der Waals surface area contributed by atoms with Crippen LogP contribution in [0.5, 0.6) is 5.75 Å². The quantitative estimate of drug-likeness (QED) is 0.667. The Hall–Kier alpha value is -2.34. The Kier molecular flexibility index (Phi) is 5.15. The molecule has 4 rings (SSSR count). The number of hydrogen-bond donors (Lipinski definition) is 0. The molecule has 1 spiro atoms. The number of amides is 1. The summed E-state index contributed by atoms with van der Waals surface area (Å²) in [5, 5.41) is 0. The lowest BCUT2D eigenvalue weighted by Gasteiger charge is -2.39. The molecule has 1 fully saturated rings. The van der Waals surface area contributed by atoms with Gasteiger partial charge < -0.3 is 14.4 Å². The molecule has 2 aliphatic rings. The van der Waals surface area contributed by atoms with E-state index < -0.39 is 5.60 Å². The summed E-state index contributed by atoms with van der Waals surface area (Å²) in [6, 6.07) is 13.4. The minimum Gasteiger partial charge on any atom is -0.496 e. The minimum absolute atomic E-state index is 0.0893. The number of benzene rings is 2. The molecule has 2 aliphatic heterocycles. The summed E-state index contributed by atoms with van der Waals surface area (Å²) < 4.78 is 11.9. The number of methoxy groups -OCH3 is 1. The summed E-state index contributed by atoms with van der Waals surface area (Å²) in [6.45, 7) is 1.13. The van der Waals surface area contributed by atoms with Crippen molar-refractivity contribution in [1.29, 1.82) is 0 Å². The van der Waals surface area contributed by atoms with Gasteiger partial charge in [0.25, 0.3) is 0 Å². The number of ether oxygens (including phenoxy) is 2. The van der Waals surface area contributed by atoms with Crippen LogP contribution in [0.4, 0.5) is 0 Å². The largest absolute Gasteiger partial charge is 0.496 e. The molecule has 5 nitrogen and oxygen atoms in total. The fourth-order valence-corrected chi connectivity index (χ4v) is 4.75. The summed E-state index contributed by atoms with van der Waals surface area (Å²) >= 11 is 3.48. The van der Waals surface area contributed by atoms with Gasteiger partial charge in [0.1, 0.15) is 5.75 Å². The third-order valence-corrected chi connectivity index (χ3v) is 6.20. The van der Waals surface area contributed by atoms with Gasteiger partial charge in [0.05, 0.1) is 23.7 Å². The molecule has 1 saturated heterocycles.